The molecule has 1 unspecified atom stereocenters. The van der Waals surface area contributed by atoms with Crippen LogP contribution < -0.4 is 0 Å². The second-order valence-electron chi connectivity index (χ2n) is 9.86. The van der Waals surface area contributed by atoms with Crippen LogP contribution in [-0.4, -0.2) is 47.8 Å². The largest absolute Gasteiger partial charge is 0.417 e. The number of carbonyl (C=O) groups excluding carboxylic acids is 1. The standard InChI is InChI=1S/C25H23Cl2F4N3O2/c1-13(2)22(35)34-11-23(12-34)17-5-4-14(6-15(17)10-36-23)20-9-24(25(29,30)31,33(3)32-20)16-7-18(26)21(28)19(27)8-16/h4-8,13H,9-12H2,1-3H3. The van der Waals surface area contributed by atoms with Crippen LogP contribution in [0.1, 0.15) is 42.5 Å². The average molecular weight is 544 g/mol. The first-order valence-electron chi connectivity index (χ1n) is 11.4. The quantitative estimate of drug-likeness (QED) is 0.360. The van der Waals surface area contributed by atoms with E-state index in [1.807, 2.05) is 19.9 Å². The van der Waals surface area contributed by atoms with Crippen LogP contribution >= 0.6 is 23.2 Å². The Kier molecular flexibility index (Phi) is 5.85. The summed E-state index contributed by atoms with van der Waals surface area (Å²) >= 11 is 11.7. The number of carbonyl (C=O) groups is 1. The zero-order valence-corrected chi connectivity index (χ0v) is 21.2. The van der Waals surface area contributed by atoms with Crippen molar-refractivity contribution < 1.29 is 27.1 Å². The van der Waals surface area contributed by atoms with E-state index in [1.165, 1.54) is 7.05 Å². The number of hydrazone groups is 1. The van der Waals surface area contributed by atoms with Gasteiger partial charge in [-0.1, -0.05) is 49.2 Å². The topological polar surface area (TPSA) is 45.1 Å². The van der Waals surface area contributed by atoms with Crippen molar-refractivity contribution in [2.75, 3.05) is 20.1 Å². The van der Waals surface area contributed by atoms with Gasteiger partial charge in [0, 0.05) is 19.4 Å². The Morgan fingerprint density at radius 2 is 1.78 bits per heavy atom. The Bertz CT molecular complexity index is 1270. The first kappa shape index (κ1) is 25.3. The number of hydrogen-bond donors (Lipinski definition) is 0. The van der Waals surface area contributed by atoms with Gasteiger partial charge in [0.15, 0.2) is 11.4 Å². The number of amides is 1. The van der Waals surface area contributed by atoms with Gasteiger partial charge in [0.1, 0.15) is 5.60 Å². The molecule has 1 fully saturated rings. The number of benzene rings is 2. The molecule has 3 heterocycles. The van der Waals surface area contributed by atoms with Crippen molar-refractivity contribution >= 4 is 34.8 Å². The molecule has 0 bridgehead atoms. The Labute approximate surface area is 215 Å². The van der Waals surface area contributed by atoms with Crippen LogP contribution in [0.25, 0.3) is 0 Å². The van der Waals surface area contributed by atoms with Crippen molar-refractivity contribution in [1.29, 1.82) is 0 Å². The molecule has 1 spiro atoms. The minimum atomic E-state index is -4.76. The molecule has 1 atom stereocenters. The van der Waals surface area contributed by atoms with Crippen LogP contribution in [-0.2, 0) is 27.3 Å². The summed E-state index contributed by atoms with van der Waals surface area (Å²) in [5.41, 5.74) is -0.894. The zero-order chi connectivity index (χ0) is 26.2. The molecule has 0 aromatic heterocycles. The summed E-state index contributed by atoms with van der Waals surface area (Å²) in [5.74, 6) is -1.02. The molecular formula is C25H23Cl2F4N3O2. The number of likely N-dealkylation sites (tertiary alicyclic amines) is 1. The molecular weight excluding hydrogens is 521 g/mol. The fourth-order valence-corrected chi connectivity index (χ4v) is 5.82. The van der Waals surface area contributed by atoms with Crippen LogP contribution in [0.15, 0.2) is 35.4 Å². The van der Waals surface area contributed by atoms with Gasteiger partial charge < -0.3 is 9.64 Å². The normalized spacial score (nSPS) is 22.8. The van der Waals surface area contributed by atoms with Gasteiger partial charge in [-0.15, -0.1) is 0 Å². The van der Waals surface area contributed by atoms with E-state index in [9.17, 15) is 22.4 Å². The third kappa shape index (κ3) is 3.62. The molecule has 11 heteroatoms. The summed E-state index contributed by atoms with van der Waals surface area (Å²) in [7, 11) is 1.23. The first-order chi connectivity index (χ1) is 16.8. The highest BCUT2D eigenvalue weighted by Gasteiger charge is 2.62. The maximum absolute atomic E-state index is 14.6. The Hall–Kier alpha value is -2.36. The van der Waals surface area contributed by atoms with Gasteiger partial charge in [-0.25, -0.2) is 4.39 Å². The summed E-state index contributed by atoms with van der Waals surface area (Å²) in [4.78, 5) is 14.0. The maximum atomic E-state index is 14.6. The van der Waals surface area contributed by atoms with E-state index in [0.717, 1.165) is 28.3 Å². The number of rotatable bonds is 3. The predicted molar refractivity (Wildman–Crippen MR) is 127 cm³/mol. The Morgan fingerprint density at radius 3 is 2.36 bits per heavy atom. The molecule has 2 aromatic rings. The second kappa shape index (κ2) is 8.33. The minimum Gasteiger partial charge on any atom is -0.362 e. The summed E-state index contributed by atoms with van der Waals surface area (Å²) in [6.45, 7) is 4.88. The van der Waals surface area contributed by atoms with Crippen molar-refractivity contribution in [2.45, 2.75) is 44.2 Å². The van der Waals surface area contributed by atoms with E-state index in [0.29, 0.717) is 25.3 Å². The van der Waals surface area contributed by atoms with Crippen molar-refractivity contribution in [3.63, 3.8) is 0 Å². The van der Waals surface area contributed by atoms with Gasteiger partial charge in [-0.3, -0.25) is 9.80 Å². The highest BCUT2D eigenvalue weighted by atomic mass is 35.5. The van der Waals surface area contributed by atoms with Gasteiger partial charge in [-0.05, 0) is 40.5 Å². The first-order valence-corrected chi connectivity index (χ1v) is 12.1. The molecule has 0 radical (unpaired) electrons. The fraction of sp³-hybridized carbons (Fsp3) is 0.440. The molecule has 0 saturated carbocycles. The summed E-state index contributed by atoms with van der Waals surface area (Å²) < 4.78 is 63.8. The number of halogens is 6. The molecule has 36 heavy (non-hydrogen) atoms. The highest BCUT2D eigenvalue weighted by Crippen LogP contribution is 2.51. The average Bonchev–Trinajstić information content (AvgIpc) is 3.34. The summed E-state index contributed by atoms with van der Waals surface area (Å²) in [5, 5.41) is 4.10. The molecule has 192 valence electrons. The van der Waals surface area contributed by atoms with Gasteiger partial charge in [0.2, 0.25) is 5.91 Å². The van der Waals surface area contributed by atoms with E-state index >= 15 is 0 Å². The summed E-state index contributed by atoms with van der Waals surface area (Å²) in [6.07, 6.45) is -5.27. The van der Waals surface area contributed by atoms with Gasteiger partial charge >= 0.3 is 6.18 Å². The zero-order valence-electron chi connectivity index (χ0n) is 19.7. The molecule has 5 nitrogen and oxygen atoms in total. The van der Waals surface area contributed by atoms with Crippen molar-refractivity contribution in [3.8, 4) is 0 Å². The van der Waals surface area contributed by atoms with Crippen LogP contribution in [0.4, 0.5) is 17.6 Å². The van der Waals surface area contributed by atoms with E-state index in [1.54, 1.807) is 17.0 Å². The second-order valence-corrected chi connectivity index (χ2v) is 10.7. The molecule has 3 aliphatic heterocycles. The lowest BCUT2D eigenvalue weighted by Gasteiger charge is -2.48. The lowest BCUT2D eigenvalue weighted by molar-refractivity contribution is -0.227. The third-order valence-corrected chi connectivity index (χ3v) is 7.86. The van der Waals surface area contributed by atoms with Crippen molar-refractivity contribution in [2.24, 2.45) is 11.0 Å². The van der Waals surface area contributed by atoms with Crippen LogP contribution in [0.2, 0.25) is 10.0 Å². The number of hydrogen-bond acceptors (Lipinski definition) is 4. The van der Waals surface area contributed by atoms with Crippen molar-refractivity contribution in [3.05, 3.63) is 68.4 Å². The number of alkyl halides is 3. The highest BCUT2D eigenvalue weighted by molar-refractivity contribution is 6.35. The van der Waals surface area contributed by atoms with Crippen LogP contribution in [0.5, 0.6) is 0 Å². The van der Waals surface area contributed by atoms with E-state index in [2.05, 4.69) is 5.10 Å². The lowest BCUT2D eigenvalue weighted by atomic mass is 9.81. The van der Waals surface area contributed by atoms with Gasteiger partial charge in [0.05, 0.1) is 35.5 Å². The third-order valence-electron chi connectivity index (χ3n) is 7.31. The van der Waals surface area contributed by atoms with E-state index in [4.69, 9.17) is 27.9 Å². The minimum absolute atomic E-state index is 0.0575. The Morgan fingerprint density at radius 1 is 1.14 bits per heavy atom. The number of nitrogens with zero attached hydrogens (tertiary/aromatic N) is 3. The SMILES string of the molecule is CC(C)C(=O)N1CC2(C1)OCc1cc(C3=NN(C)C(c4cc(Cl)c(F)c(Cl)c4)(C(F)(F)F)C3)ccc12. The molecule has 1 amide bonds. The fourth-order valence-electron chi connectivity index (χ4n) is 5.33. The van der Waals surface area contributed by atoms with E-state index in [-0.39, 0.29) is 23.1 Å². The van der Waals surface area contributed by atoms with Gasteiger partial charge in [-0.2, -0.15) is 18.3 Å². The van der Waals surface area contributed by atoms with Crippen molar-refractivity contribution in [1.82, 2.24) is 9.91 Å². The maximum Gasteiger partial charge on any atom is 0.417 e. The summed E-state index contributed by atoms with van der Waals surface area (Å²) in [6, 6.07) is 7.27. The van der Waals surface area contributed by atoms with Crippen LogP contribution in [0.3, 0.4) is 0 Å². The molecule has 3 aliphatic rings. The Balaban J connectivity index is 1.45. The van der Waals surface area contributed by atoms with Crippen LogP contribution in [0, 0.1) is 11.7 Å². The molecule has 2 aromatic carbocycles. The predicted octanol–water partition coefficient (Wildman–Crippen LogP) is 5.85. The molecule has 1 saturated heterocycles. The number of fused-ring (bicyclic) bond motifs is 2. The molecule has 0 N–H and O–H groups in total. The molecule has 5 rings (SSSR count). The smallest absolute Gasteiger partial charge is 0.362 e. The van der Waals surface area contributed by atoms with Gasteiger partial charge in [0.25, 0.3) is 0 Å². The lowest BCUT2D eigenvalue weighted by Crippen LogP contribution is -2.61. The van der Waals surface area contributed by atoms with E-state index < -0.39 is 39.6 Å². The molecule has 0 aliphatic carbocycles. The number of ether oxygens (including phenoxy) is 1. The monoisotopic (exact) mass is 543 g/mol.